The SMILES string of the molecule is Cc1ccc(CCC(=O)Nc2ccc(O)c(Cl)c2)cc1. The summed E-state index contributed by atoms with van der Waals surface area (Å²) in [4.78, 5) is 11.8. The minimum Gasteiger partial charge on any atom is -0.506 e. The van der Waals surface area contributed by atoms with Gasteiger partial charge in [0, 0.05) is 12.1 Å². The van der Waals surface area contributed by atoms with Crippen molar-refractivity contribution in [2.75, 3.05) is 5.32 Å². The lowest BCUT2D eigenvalue weighted by Crippen LogP contribution is -2.12. The molecule has 1 amide bonds. The molecule has 0 unspecified atom stereocenters. The number of benzene rings is 2. The summed E-state index contributed by atoms with van der Waals surface area (Å²) in [7, 11) is 0. The molecule has 0 spiro atoms. The van der Waals surface area contributed by atoms with Crippen LogP contribution in [0.2, 0.25) is 5.02 Å². The highest BCUT2D eigenvalue weighted by molar-refractivity contribution is 6.32. The molecule has 2 aromatic carbocycles. The van der Waals surface area contributed by atoms with Crippen molar-refractivity contribution in [3.05, 3.63) is 58.6 Å². The van der Waals surface area contributed by atoms with E-state index in [4.69, 9.17) is 11.6 Å². The highest BCUT2D eigenvalue weighted by Gasteiger charge is 2.05. The topological polar surface area (TPSA) is 49.3 Å². The molecule has 0 bridgehead atoms. The van der Waals surface area contributed by atoms with Crippen LogP contribution in [0.5, 0.6) is 5.75 Å². The third kappa shape index (κ3) is 4.00. The Kier molecular flexibility index (Phi) is 4.64. The number of hydrogen-bond donors (Lipinski definition) is 2. The number of hydrogen-bond acceptors (Lipinski definition) is 2. The van der Waals surface area contributed by atoms with E-state index in [-0.39, 0.29) is 16.7 Å². The fourth-order valence-electron chi connectivity index (χ4n) is 1.82. The van der Waals surface area contributed by atoms with Gasteiger partial charge in [0.15, 0.2) is 0 Å². The first-order chi connectivity index (χ1) is 9.54. The lowest BCUT2D eigenvalue weighted by Gasteiger charge is -2.06. The highest BCUT2D eigenvalue weighted by atomic mass is 35.5. The number of halogens is 1. The fourth-order valence-corrected chi connectivity index (χ4v) is 2.00. The second-order valence-electron chi connectivity index (χ2n) is 4.70. The van der Waals surface area contributed by atoms with Crippen LogP contribution in [-0.2, 0) is 11.2 Å². The van der Waals surface area contributed by atoms with Crippen molar-refractivity contribution in [1.29, 1.82) is 0 Å². The zero-order valence-corrected chi connectivity index (χ0v) is 11.9. The van der Waals surface area contributed by atoms with Gasteiger partial charge < -0.3 is 10.4 Å². The zero-order valence-electron chi connectivity index (χ0n) is 11.2. The Balaban J connectivity index is 1.89. The van der Waals surface area contributed by atoms with E-state index in [1.807, 2.05) is 31.2 Å². The van der Waals surface area contributed by atoms with Gasteiger partial charge in [-0.1, -0.05) is 41.4 Å². The summed E-state index contributed by atoms with van der Waals surface area (Å²) in [5.74, 6) is -0.0725. The van der Waals surface area contributed by atoms with Gasteiger partial charge in [-0.05, 0) is 37.1 Å². The summed E-state index contributed by atoms with van der Waals surface area (Å²) in [5.41, 5.74) is 2.92. The van der Waals surface area contributed by atoms with Crippen LogP contribution >= 0.6 is 11.6 Å². The molecule has 0 radical (unpaired) electrons. The number of rotatable bonds is 4. The molecule has 3 nitrogen and oxygen atoms in total. The molecule has 0 saturated heterocycles. The van der Waals surface area contributed by atoms with Crippen LogP contribution < -0.4 is 5.32 Å². The van der Waals surface area contributed by atoms with Gasteiger partial charge >= 0.3 is 0 Å². The standard InChI is InChI=1S/C16H16ClNO2/c1-11-2-4-12(5-3-11)6-9-16(20)18-13-7-8-15(19)14(17)10-13/h2-5,7-8,10,19H,6,9H2,1H3,(H,18,20). The Morgan fingerprint density at radius 2 is 1.90 bits per heavy atom. The molecule has 0 fully saturated rings. The summed E-state index contributed by atoms with van der Waals surface area (Å²) in [6.45, 7) is 2.03. The molecule has 4 heteroatoms. The van der Waals surface area contributed by atoms with Crippen LogP contribution in [-0.4, -0.2) is 11.0 Å². The van der Waals surface area contributed by atoms with E-state index in [0.29, 0.717) is 18.5 Å². The molecule has 20 heavy (non-hydrogen) atoms. The van der Waals surface area contributed by atoms with Crippen LogP contribution in [0.15, 0.2) is 42.5 Å². The first kappa shape index (κ1) is 14.4. The number of aromatic hydroxyl groups is 1. The lowest BCUT2D eigenvalue weighted by atomic mass is 10.1. The van der Waals surface area contributed by atoms with Crippen LogP contribution in [0.4, 0.5) is 5.69 Å². The number of phenols is 1. The second-order valence-corrected chi connectivity index (χ2v) is 5.11. The zero-order chi connectivity index (χ0) is 14.5. The maximum absolute atomic E-state index is 11.8. The van der Waals surface area contributed by atoms with Crippen molar-refractivity contribution in [2.45, 2.75) is 19.8 Å². The molecule has 0 atom stereocenters. The normalized spacial score (nSPS) is 10.3. The van der Waals surface area contributed by atoms with E-state index in [2.05, 4.69) is 5.32 Å². The quantitative estimate of drug-likeness (QED) is 0.838. The molecule has 2 rings (SSSR count). The molecular weight excluding hydrogens is 274 g/mol. The number of carbonyl (C=O) groups is 1. The van der Waals surface area contributed by atoms with E-state index < -0.39 is 0 Å². The molecule has 0 aliphatic heterocycles. The molecule has 104 valence electrons. The molecule has 0 aliphatic rings. The Hall–Kier alpha value is -2.00. The Bertz CT molecular complexity index is 608. The first-order valence-electron chi connectivity index (χ1n) is 6.38. The van der Waals surface area contributed by atoms with Gasteiger partial charge in [-0.25, -0.2) is 0 Å². The van der Waals surface area contributed by atoms with Crippen LogP contribution in [0, 0.1) is 6.92 Å². The molecule has 0 heterocycles. The predicted molar refractivity (Wildman–Crippen MR) is 81.2 cm³/mol. The van der Waals surface area contributed by atoms with Crippen molar-refractivity contribution in [3.8, 4) is 5.75 Å². The van der Waals surface area contributed by atoms with Crippen molar-refractivity contribution in [3.63, 3.8) is 0 Å². The van der Waals surface area contributed by atoms with Crippen LogP contribution in [0.1, 0.15) is 17.5 Å². The Morgan fingerprint density at radius 1 is 1.20 bits per heavy atom. The van der Waals surface area contributed by atoms with E-state index in [9.17, 15) is 9.90 Å². The summed E-state index contributed by atoms with van der Waals surface area (Å²) >= 11 is 5.78. The minimum absolute atomic E-state index is 0.00400. The highest BCUT2D eigenvalue weighted by Crippen LogP contribution is 2.26. The van der Waals surface area contributed by atoms with Gasteiger partial charge in [0.2, 0.25) is 5.91 Å². The second kappa shape index (κ2) is 6.44. The van der Waals surface area contributed by atoms with E-state index >= 15 is 0 Å². The third-order valence-corrected chi connectivity index (χ3v) is 3.30. The maximum Gasteiger partial charge on any atom is 0.224 e. The molecule has 2 N–H and O–H groups in total. The van der Waals surface area contributed by atoms with Gasteiger partial charge in [-0.2, -0.15) is 0 Å². The largest absolute Gasteiger partial charge is 0.506 e. The fraction of sp³-hybridized carbons (Fsp3) is 0.188. The smallest absolute Gasteiger partial charge is 0.224 e. The average Bonchev–Trinajstić information content (AvgIpc) is 2.42. The Labute approximate surface area is 123 Å². The van der Waals surface area contributed by atoms with Gasteiger partial charge in [0.25, 0.3) is 0 Å². The Morgan fingerprint density at radius 3 is 2.55 bits per heavy atom. The van der Waals surface area contributed by atoms with Gasteiger partial charge in [-0.15, -0.1) is 0 Å². The average molecular weight is 290 g/mol. The third-order valence-electron chi connectivity index (χ3n) is 2.99. The molecular formula is C16H16ClNO2. The number of anilines is 1. The monoisotopic (exact) mass is 289 g/mol. The number of aryl methyl sites for hydroxylation is 2. The molecule has 0 saturated carbocycles. The van der Waals surface area contributed by atoms with E-state index in [1.165, 1.54) is 17.7 Å². The van der Waals surface area contributed by atoms with Crippen molar-refractivity contribution >= 4 is 23.2 Å². The summed E-state index contributed by atoms with van der Waals surface area (Å²) in [6, 6.07) is 12.7. The molecule has 0 aromatic heterocycles. The van der Waals surface area contributed by atoms with Gasteiger partial charge in [0.1, 0.15) is 5.75 Å². The van der Waals surface area contributed by atoms with Gasteiger partial charge in [-0.3, -0.25) is 4.79 Å². The summed E-state index contributed by atoms with van der Waals surface area (Å²) in [6.07, 6.45) is 1.10. The lowest BCUT2D eigenvalue weighted by molar-refractivity contribution is -0.116. The van der Waals surface area contributed by atoms with Crippen molar-refractivity contribution in [2.24, 2.45) is 0 Å². The summed E-state index contributed by atoms with van der Waals surface area (Å²) in [5, 5.41) is 12.3. The number of amides is 1. The molecule has 0 aliphatic carbocycles. The number of carbonyl (C=O) groups excluding carboxylic acids is 1. The van der Waals surface area contributed by atoms with E-state index in [1.54, 1.807) is 6.07 Å². The van der Waals surface area contributed by atoms with E-state index in [0.717, 1.165) is 5.56 Å². The van der Waals surface area contributed by atoms with Gasteiger partial charge in [0.05, 0.1) is 5.02 Å². The summed E-state index contributed by atoms with van der Waals surface area (Å²) < 4.78 is 0. The van der Waals surface area contributed by atoms with Crippen LogP contribution in [0.25, 0.3) is 0 Å². The number of nitrogens with one attached hydrogen (secondary N) is 1. The number of phenolic OH excluding ortho intramolecular Hbond substituents is 1. The maximum atomic E-state index is 11.8. The van der Waals surface area contributed by atoms with Crippen LogP contribution in [0.3, 0.4) is 0 Å². The predicted octanol–water partition coefficient (Wildman–Crippen LogP) is 3.93. The first-order valence-corrected chi connectivity index (χ1v) is 6.76. The van der Waals surface area contributed by atoms with Crippen molar-refractivity contribution < 1.29 is 9.90 Å². The van der Waals surface area contributed by atoms with Crippen molar-refractivity contribution in [1.82, 2.24) is 0 Å². The molecule has 2 aromatic rings. The minimum atomic E-state index is -0.0765.